The molecule has 0 amide bonds. The molecule has 0 aliphatic carbocycles. The van der Waals surface area contributed by atoms with Crippen molar-refractivity contribution in [3.8, 4) is 5.69 Å². The zero-order valence-corrected chi connectivity index (χ0v) is 14.9. The molecular weight excluding hydrogens is 370 g/mol. The van der Waals surface area contributed by atoms with Crippen LogP contribution in [-0.2, 0) is 16.4 Å². The fourth-order valence-electron chi connectivity index (χ4n) is 2.60. The minimum absolute atomic E-state index is 0.0114. The molecule has 11 heteroatoms. The Kier molecular flexibility index (Phi) is 4.00. The molecule has 2 aromatic heterocycles. The molecule has 0 radical (unpaired) electrons. The molecule has 136 valence electrons. The first-order valence-electron chi connectivity index (χ1n) is 7.84. The van der Waals surface area contributed by atoms with E-state index in [0.717, 1.165) is 6.26 Å². The molecule has 0 fully saturated rings. The first-order chi connectivity index (χ1) is 12.9. The molecule has 0 unspecified atom stereocenters. The summed E-state index contributed by atoms with van der Waals surface area (Å²) < 4.78 is 25.8. The van der Waals surface area contributed by atoms with Gasteiger partial charge in [0.1, 0.15) is 12.1 Å². The summed E-state index contributed by atoms with van der Waals surface area (Å²) in [7, 11) is -3.30. The van der Waals surface area contributed by atoms with Gasteiger partial charge in [0.05, 0.1) is 16.0 Å². The van der Waals surface area contributed by atoms with Crippen LogP contribution < -0.4 is 5.56 Å². The molecule has 4 rings (SSSR count). The predicted molar refractivity (Wildman–Crippen MR) is 95.2 cm³/mol. The van der Waals surface area contributed by atoms with Gasteiger partial charge in [-0.3, -0.25) is 4.79 Å². The number of hydrogen-bond donors (Lipinski definition) is 0. The van der Waals surface area contributed by atoms with Crippen LogP contribution in [0.1, 0.15) is 5.82 Å². The lowest BCUT2D eigenvalue weighted by Crippen LogP contribution is -2.26. The second kappa shape index (κ2) is 6.36. The highest BCUT2D eigenvalue weighted by molar-refractivity contribution is 7.90. The van der Waals surface area contributed by atoms with Gasteiger partial charge in [-0.25, -0.2) is 13.1 Å². The van der Waals surface area contributed by atoms with Gasteiger partial charge in [0.15, 0.2) is 15.7 Å². The fourth-order valence-corrected chi connectivity index (χ4v) is 3.23. The van der Waals surface area contributed by atoms with Crippen molar-refractivity contribution in [2.45, 2.75) is 11.4 Å². The molecule has 0 N–H and O–H groups in total. The highest BCUT2D eigenvalue weighted by Crippen LogP contribution is 2.14. The Labute approximate surface area is 153 Å². The highest BCUT2D eigenvalue weighted by atomic mass is 32.2. The lowest BCUT2D eigenvalue weighted by molar-refractivity contribution is 0.570. The molecule has 10 nitrogen and oxygen atoms in total. The van der Waals surface area contributed by atoms with Crippen LogP contribution in [0.2, 0.25) is 0 Å². The van der Waals surface area contributed by atoms with Crippen LogP contribution in [0.3, 0.4) is 0 Å². The highest BCUT2D eigenvalue weighted by Gasteiger charge is 2.13. The van der Waals surface area contributed by atoms with Gasteiger partial charge in [0.25, 0.3) is 5.56 Å². The van der Waals surface area contributed by atoms with Crippen molar-refractivity contribution in [3.63, 3.8) is 0 Å². The van der Waals surface area contributed by atoms with Crippen molar-refractivity contribution in [2.24, 2.45) is 0 Å². The monoisotopic (exact) mass is 383 g/mol. The molecule has 0 bridgehead atoms. The molecule has 0 saturated carbocycles. The zero-order chi connectivity index (χ0) is 19.0. The molecule has 0 spiro atoms. The number of hydrogen-bond acceptors (Lipinski definition) is 8. The Bertz CT molecular complexity index is 1290. The second-order valence-corrected chi connectivity index (χ2v) is 7.86. The molecule has 4 aromatic rings. The maximum atomic E-state index is 12.6. The van der Waals surface area contributed by atoms with Crippen LogP contribution in [-0.4, -0.2) is 49.9 Å². The largest absolute Gasteiger partial charge is 0.278 e. The standard InChI is InChI=1S/C16H13N7O3S/c1-27(25,26)12-8-6-11(7-9-12)23-15(18-19-21-23)10-22-16(24)13-4-2-3-5-14(13)17-20-22/h2-9H,10H2,1H3. The zero-order valence-electron chi connectivity index (χ0n) is 14.1. The van der Waals surface area contributed by atoms with Crippen molar-refractivity contribution in [1.82, 2.24) is 35.2 Å². The first kappa shape index (κ1) is 17.0. The minimum atomic E-state index is -3.30. The first-order valence-corrected chi connectivity index (χ1v) is 9.73. The van der Waals surface area contributed by atoms with Crippen molar-refractivity contribution in [2.75, 3.05) is 6.26 Å². The number of nitrogens with zero attached hydrogens (tertiary/aromatic N) is 7. The van der Waals surface area contributed by atoms with E-state index in [1.165, 1.54) is 21.5 Å². The number of aromatic nitrogens is 7. The van der Waals surface area contributed by atoms with Gasteiger partial charge in [-0.05, 0) is 46.8 Å². The van der Waals surface area contributed by atoms with Crippen molar-refractivity contribution >= 4 is 20.7 Å². The van der Waals surface area contributed by atoms with E-state index in [1.54, 1.807) is 36.4 Å². The summed E-state index contributed by atoms with van der Waals surface area (Å²) in [6.07, 6.45) is 1.13. The molecule has 0 atom stereocenters. The smallest absolute Gasteiger partial charge is 0.267 e. The Hall–Kier alpha value is -3.47. The third kappa shape index (κ3) is 3.19. The van der Waals surface area contributed by atoms with E-state index in [4.69, 9.17) is 0 Å². The van der Waals surface area contributed by atoms with Gasteiger partial charge < -0.3 is 0 Å². The molecular formula is C16H13N7O3S. The predicted octanol–water partition coefficient (Wildman–Crippen LogP) is 0.219. The number of benzene rings is 2. The number of sulfone groups is 1. The van der Waals surface area contributed by atoms with Gasteiger partial charge in [-0.15, -0.1) is 10.2 Å². The van der Waals surface area contributed by atoms with Crippen LogP contribution in [0.5, 0.6) is 0 Å². The van der Waals surface area contributed by atoms with E-state index in [2.05, 4.69) is 25.8 Å². The summed E-state index contributed by atoms with van der Waals surface area (Å²) in [5.41, 5.74) is 0.765. The van der Waals surface area contributed by atoms with Crippen LogP contribution in [0.25, 0.3) is 16.6 Å². The number of tetrazole rings is 1. The van der Waals surface area contributed by atoms with Gasteiger partial charge in [-0.2, -0.15) is 4.68 Å². The Morgan fingerprint density at radius 1 is 0.963 bits per heavy atom. The van der Waals surface area contributed by atoms with Gasteiger partial charge in [0.2, 0.25) is 0 Å². The van der Waals surface area contributed by atoms with E-state index in [9.17, 15) is 13.2 Å². The number of rotatable bonds is 4. The number of fused-ring (bicyclic) bond motifs is 1. The Morgan fingerprint density at radius 2 is 1.70 bits per heavy atom. The molecule has 0 aliphatic heterocycles. The quantitative estimate of drug-likeness (QED) is 0.490. The summed E-state index contributed by atoms with van der Waals surface area (Å²) in [4.78, 5) is 12.8. The van der Waals surface area contributed by atoms with Gasteiger partial charge in [-0.1, -0.05) is 17.3 Å². The van der Waals surface area contributed by atoms with Crippen molar-refractivity contribution in [3.05, 3.63) is 64.7 Å². The topological polar surface area (TPSA) is 126 Å². The third-order valence-corrected chi connectivity index (χ3v) is 5.09. The van der Waals surface area contributed by atoms with Gasteiger partial charge in [0, 0.05) is 6.26 Å². The van der Waals surface area contributed by atoms with Crippen molar-refractivity contribution in [1.29, 1.82) is 0 Å². The average Bonchev–Trinajstić information content (AvgIpc) is 3.12. The summed E-state index contributed by atoms with van der Waals surface area (Å²) in [5.74, 6) is 0.355. The maximum absolute atomic E-state index is 12.6. The van der Waals surface area contributed by atoms with E-state index < -0.39 is 9.84 Å². The Morgan fingerprint density at radius 3 is 2.44 bits per heavy atom. The molecule has 2 aromatic carbocycles. The summed E-state index contributed by atoms with van der Waals surface area (Å²) in [6.45, 7) is 0.0114. The lowest BCUT2D eigenvalue weighted by Gasteiger charge is -2.07. The van der Waals surface area contributed by atoms with Crippen molar-refractivity contribution < 1.29 is 8.42 Å². The van der Waals surface area contributed by atoms with E-state index >= 15 is 0 Å². The van der Waals surface area contributed by atoms with Crippen LogP contribution in [0.15, 0.2) is 58.2 Å². The summed E-state index contributed by atoms with van der Waals surface area (Å²) >= 11 is 0. The van der Waals surface area contributed by atoms with Crippen LogP contribution in [0.4, 0.5) is 0 Å². The normalized spacial score (nSPS) is 11.7. The molecule has 2 heterocycles. The minimum Gasteiger partial charge on any atom is -0.267 e. The SMILES string of the molecule is CS(=O)(=O)c1ccc(-n2nnnc2Cn2nnc3ccccc3c2=O)cc1. The van der Waals surface area contributed by atoms with E-state index in [0.29, 0.717) is 22.4 Å². The molecule has 0 saturated heterocycles. The van der Waals surface area contributed by atoms with Gasteiger partial charge >= 0.3 is 0 Å². The lowest BCUT2D eigenvalue weighted by atomic mass is 10.2. The molecule has 27 heavy (non-hydrogen) atoms. The summed E-state index contributed by atoms with van der Waals surface area (Å²) in [5, 5.41) is 19.9. The fraction of sp³-hybridized carbons (Fsp3) is 0.125. The average molecular weight is 383 g/mol. The Balaban J connectivity index is 1.71. The second-order valence-electron chi connectivity index (χ2n) is 5.84. The van der Waals surface area contributed by atoms with E-state index in [-0.39, 0.29) is 17.0 Å². The van der Waals surface area contributed by atoms with Crippen LogP contribution >= 0.6 is 0 Å². The van der Waals surface area contributed by atoms with Crippen LogP contribution in [0, 0.1) is 0 Å². The maximum Gasteiger partial charge on any atom is 0.278 e. The molecule has 0 aliphatic rings. The van der Waals surface area contributed by atoms with E-state index in [1.807, 2.05) is 0 Å². The third-order valence-electron chi connectivity index (χ3n) is 3.96. The summed E-state index contributed by atoms with van der Waals surface area (Å²) in [6, 6.07) is 13.0.